The van der Waals surface area contributed by atoms with E-state index in [-0.39, 0.29) is 0 Å². The van der Waals surface area contributed by atoms with Crippen LogP contribution in [0.15, 0.2) is 0 Å². The van der Waals surface area contributed by atoms with Crippen molar-refractivity contribution in [2.24, 2.45) is 5.73 Å². The molecule has 0 fully saturated rings. The molecule has 0 rings (SSSR count). The number of hydrogen-bond donors (Lipinski definition) is 4. The summed E-state index contributed by atoms with van der Waals surface area (Å²) in [4.78, 5) is 19.2. The lowest BCUT2D eigenvalue weighted by atomic mass is 10.4. The van der Waals surface area contributed by atoms with Crippen LogP contribution in [0.5, 0.6) is 0 Å². The van der Waals surface area contributed by atoms with Crippen molar-refractivity contribution in [3.8, 4) is 0 Å². The predicted molar refractivity (Wildman–Crippen MR) is 35.6 cm³/mol. The Morgan fingerprint density at radius 2 is 1.50 bits per heavy atom. The Balaban J connectivity index is 0. The van der Waals surface area contributed by atoms with E-state index in [0.29, 0.717) is 0 Å². The third-order valence-electron chi connectivity index (χ3n) is 0.325. The van der Waals surface area contributed by atoms with Gasteiger partial charge in [-0.25, -0.2) is 0 Å². The SMILES string of the molecule is NC(=O)CC(=O)O.O=S(=O)(O)O. The molecule has 9 heteroatoms. The second-order valence-electron chi connectivity index (χ2n) is 1.48. The molecular weight excluding hydrogens is 194 g/mol. The lowest BCUT2D eigenvalue weighted by Gasteiger charge is -1.81. The maximum absolute atomic E-state index is 9.65. The van der Waals surface area contributed by atoms with Crippen molar-refractivity contribution in [2.75, 3.05) is 0 Å². The molecule has 0 aliphatic rings. The summed E-state index contributed by atoms with van der Waals surface area (Å²) in [5, 5.41) is 7.78. The van der Waals surface area contributed by atoms with Crippen molar-refractivity contribution in [1.82, 2.24) is 0 Å². The summed E-state index contributed by atoms with van der Waals surface area (Å²) in [6.07, 6.45) is -0.583. The normalized spacial score (nSPS) is 9.50. The Hall–Kier alpha value is -1.19. The zero-order valence-corrected chi connectivity index (χ0v) is 6.48. The maximum atomic E-state index is 9.65. The molecule has 12 heavy (non-hydrogen) atoms. The standard InChI is InChI=1S/C3H5NO3.H2O4S/c4-2(5)1-3(6)7;1-5(2,3)4/h1H2,(H2,4,5)(H,6,7);(H2,1,2,3,4). The zero-order chi connectivity index (χ0) is 10.4. The van der Waals surface area contributed by atoms with E-state index in [1.54, 1.807) is 0 Å². The van der Waals surface area contributed by atoms with Gasteiger partial charge in [0.25, 0.3) is 0 Å². The van der Waals surface area contributed by atoms with Crippen molar-refractivity contribution in [3.63, 3.8) is 0 Å². The highest BCUT2D eigenvalue weighted by molar-refractivity contribution is 7.79. The van der Waals surface area contributed by atoms with E-state index in [0.717, 1.165) is 0 Å². The fraction of sp³-hybridized carbons (Fsp3) is 0.333. The van der Waals surface area contributed by atoms with E-state index in [4.69, 9.17) is 22.6 Å². The first-order valence-corrected chi connectivity index (χ1v) is 3.72. The summed E-state index contributed by atoms with van der Waals surface area (Å²) < 4.78 is 31.6. The lowest BCUT2D eigenvalue weighted by Crippen LogP contribution is -2.15. The quantitative estimate of drug-likeness (QED) is 0.306. The molecule has 0 aromatic rings. The fourth-order valence-electron chi connectivity index (χ4n) is 0.149. The summed E-state index contributed by atoms with van der Waals surface area (Å²) in [7, 11) is -4.67. The Morgan fingerprint density at radius 1 is 1.25 bits per heavy atom. The Morgan fingerprint density at radius 3 is 1.50 bits per heavy atom. The van der Waals surface area contributed by atoms with E-state index < -0.39 is 28.7 Å². The van der Waals surface area contributed by atoms with Crippen molar-refractivity contribution in [2.45, 2.75) is 6.42 Å². The van der Waals surface area contributed by atoms with Crippen molar-refractivity contribution < 1.29 is 32.2 Å². The highest BCUT2D eigenvalue weighted by atomic mass is 32.3. The molecule has 0 aliphatic heterocycles. The van der Waals surface area contributed by atoms with Gasteiger partial charge in [0, 0.05) is 0 Å². The van der Waals surface area contributed by atoms with Crippen molar-refractivity contribution in [1.29, 1.82) is 0 Å². The largest absolute Gasteiger partial charge is 0.481 e. The molecule has 1 amide bonds. The number of carbonyl (C=O) groups excluding carboxylic acids is 1. The monoisotopic (exact) mass is 201 g/mol. The van der Waals surface area contributed by atoms with Crippen LogP contribution in [0.2, 0.25) is 0 Å². The van der Waals surface area contributed by atoms with Crippen molar-refractivity contribution in [3.05, 3.63) is 0 Å². The molecule has 0 bridgehead atoms. The van der Waals surface area contributed by atoms with Gasteiger partial charge in [0.15, 0.2) is 0 Å². The number of rotatable bonds is 2. The Kier molecular flexibility index (Phi) is 6.10. The van der Waals surface area contributed by atoms with Gasteiger partial charge >= 0.3 is 16.4 Å². The van der Waals surface area contributed by atoms with E-state index in [2.05, 4.69) is 5.73 Å². The summed E-state index contributed by atoms with van der Waals surface area (Å²) in [5.41, 5.74) is 4.47. The van der Waals surface area contributed by atoms with Gasteiger partial charge in [-0.05, 0) is 0 Å². The molecule has 0 heterocycles. The number of amides is 1. The molecule has 0 spiro atoms. The molecule has 0 saturated carbocycles. The van der Waals surface area contributed by atoms with E-state index in [1.807, 2.05) is 0 Å². The number of aliphatic carboxylic acids is 1. The van der Waals surface area contributed by atoms with Crippen LogP contribution in [0.3, 0.4) is 0 Å². The molecule has 0 unspecified atom stereocenters. The summed E-state index contributed by atoms with van der Waals surface area (Å²) in [6, 6.07) is 0. The second-order valence-corrected chi connectivity index (χ2v) is 2.38. The van der Waals surface area contributed by atoms with Crippen LogP contribution in [0, 0.1) is 0 Å². The van der Waals surface area contributed by atoms with Crippen LogP contribution < -0.4 is 5.73 Å². The van der Waals surface area contributed by atoms with Gasteiger partial charge in [0.05, 0.1) is 0 Å². The third kappa shape index (κ3) is 68.1. The Bertz CT molecular complexity index is 234. The second kappa shape index (κ2) is 5.46. The van der Waals surface area contributed by atoms with Gasteiger partial charge in [-0.2, -0.15) is 8.42 Å². The molecule has 0 atom stereocenters. The average Bonchev–Trinajstić information content (AvgIpc) is 1.52. The van der Waals surface area contributed by atoms with E-state index >= 15 is 0 Å². The first-order chi connectivity index (χ1) is 5.13. The molecular formula is C3H7NO7S. The molecule has 0 aliphatic carbocycles. The number of hydrogen-bond acceptors (Lipinski definition) is 4. The van der Waals surface area contributed by atoms with Gasteiger partial charge in [0.2, 0.25) is 5.91 Å². The van der Waals surface area contributed by atoms with Crippen LogP contribution in [-0.2, 0) is 20.0 Å². The van der Waals surface area contributed by atoms with E-state index in [9.17, 15) is 9.59 Å². The van der Waals surface area contributed by atoms with Crippen LogP contribution >= 0.6 is 0 Å². The molecule has 0 aromatic heterocycles. The number of carboxylic acid groups (broad SMARTS) is 1. The van der Waals surface area contributed by atoms with Gasteiger partial charge < -0.3 is 10.8 Å². The molecule has 0 aromatic carbocycles. The first-order valence-electron chi connectivity index (χ1n) is 2.33. The summed E-state index contributed by atoms with van der Waals surface area (Å²) >= 11 is 0. The van der Waals surface area contributed by atoms with Gasteiger partial charge in [-0.3, -0.25) is 18.7 Å². The fourth-order valence-corrected chi connectivity index (χ4v) is 0.149. The minimum absolute atomic E-state index is 0.583. The van der Waals surface area contributed by atoms with Crippen molar-refractivity contribution >= 4 is 22.3 Å². The van der Waals surface area contributed by atoms with Crippen LogP contribution in [-0.4, -0.2) is 34.5 Å². The highest BCUT2D eigenvalue weighted by Crippen LogP contribution is 1.71. The smallest absolute Gasteiger partial charge is 0.394 e. The molecule has 72 valence electrons. The van der Waals surface area contributed by atoms with E-state index in [1.165, 1.54) is 0 Å². The summed E-state index contributed by atoms with van der Waals surface area (Å²) in [6.45, 7) is 0. The van der Waals surface area contributed by atoms with Gasteiger partial charge in [-0.1, -0.05) is 0 Å². The first kappa shape index (κ1) is 13.4. The maximum Gasteiger partial charge on any atom is 0.394 e. The topological polar surface area (TPSA) is 155 Å². The number of carbonyl (C=O) groups is 2. The summed E-state index contributed by atoms with van der Waals surface area (Å²) in [5.74, 6) is -2.00. The number of nitrogens with two attached hydrogens (primary N) is 1. The third-order valence-corrected chi connectivity index (χ3v) is 0.325. The minimum atomic E-state index is -4.67. The van der Waals surface area contributed by atoms with Gasteiger partial charge in [0.1, 0.15) is 6.42 Å². The molecule has 0 saturated heterocycles. The molecule has 8 nitrogen and oxygen atoms in total. The molecule has 5 N–H and O–H groups in total. The molecule has 0 radical (unpaired) electrons. The van der Waals surface area contributed by atoms with Crippen LogP contribution in [0.4, 0.5) is 0 Å². The predicted octanol–water partition coefficient (Wildman–Crippen LogP) is -1.71. The van der Waals surface area contributed by atoms with Gasteiger partial charge in [-0.15, -0.1) is 0 Å². The number of primary amides is 1. The average molecular weight is 201 g/mol. The van der Waals surface area contributed by atoms with Crippen LogP contribution in [0.25, 0.3) is 0 Å². The number of carboxylic acids is 1. The Labute approximate surface area is 67.6 Å². The minimum Gasteiger partial charge on any atom is -0.481 e. The highest BCUT2D eigenvalue weighted by Gasteiger charge is 1.99. The van der Waals surface area contributed by atoms with Crippen LogP contribution in [0.1, 0.15) is 6.42 Å². The zero-order valence-electron chi connectivity index (χ0n) is 5.67. The lowest BCUT2D eigenvalue weighted by molar-refractivity contribution is -0.139.